The molecule has 2 heterocycles. The third-order valence-corrected chi connectivity index (χ3v) is 2.09. The van der Waals surface area contributed by atoms with Gasteiger partial charge in [0.1, 0.15) is 5.69 Å². The molecule has 0 radical (unpaired) electrons. The molecule has 0 aromatic carbocycles. The van der Waals surface area contributed by atoms with Gasteiger partial charge in [0.15, 0.2) is 0 Å². The van der Waals surface area contributed by atoms with Crippen LogP contribution in [0.1, 0.15) is 24.4 Å². The van der Waals surface area contributed by atoms with Gasteiger partial charge in [0.25, 0.3) is 0 Å². The van der Waals surface area contributed by atoms with Crippen molar-refractivity contribution >= 4 is 0 Å². The van der Waals surface area contributed by atoms with Crippen molar-refractivity contribution in [1.29, 1.82) is 0 Å². The van der Waals surface area contributed by atoms with Crippen molar-refractivity contribution in [1.82, 2.24) is 25.0 Å². The molecular formula is C8H12N6. The average molecular weight is 192 g/mol. The van der Waals surface area contributed by atoms with E-state index in [0.29, 0.717) is 5.69 Å². The number of nitrogens with two attached hydrogens (primary N) is 1. The van der Waals surface area contributed by atoms with E-state index in [0.717, 1.165) is 12.2 Å². The van der Waals surface area contributed by atoms with Gasteiger partial charge in [0.05, 0.1) is 24.3 Å². The van der Waals surface area contributed by atoms with Gasteiger partial charge >= 0.3 is 0 Å². The minimum absolute atomic E-state index is 0.304. The molecule has 2 aromatic heterocycles. The molecule has 0 saturated heterocycles. The molecule has 0 aliphatic carbocycles. The van der Waals surface area contributed by atoms with Crippen molar-refractivity contribution in [2.45, 2.75) is 19.5 Å². The standard InChI is InChI=1S/C8H12N6/c1-2-14-4-7(10-5-14)8(9)6-3-11-13-12-6/h3-5,8H,2,9H2,1H3,(H,11,12,13). The Morgan fingerprint density at radius 3 is 3.00 bits per heavy atom. The smallest absolute Gasteiger partial charge is 0.105 e. The minimum atomic E-state index is -0.304. The Morgan fingerprint density at radius 1 is 1.57 bits per heavy atom. The van der Waals surface area contributed by atoms with Gasteiger partial charge in [-0.25, -0.2) is 4.98 Å². The zero-order valence-electron chi connectivity index (χ0n) is 7.88. The summed E-state index contributed by atoms with van der Waals surface area (Å²) in [5.41, 5.74) is 7.44. The summed E-state index contributed by atoms with van der Waals surface area (Å²) in [6.07, 6.45) is 5.28. The van der Waals surface area contributed by atoms with Crippen molar-refractivity contribution in [2.24, 2.45) is 5.73 Å². The molecule has 6 heteroatoms. The maximum Gasteiger partial charge on any atom is 0.105 e. The van der Waals surface area contributed by atoms with Crippen LogP contribution < -0.4 is 5.73 Å². The zero-order chi connectivity index (χ0) is 9.97. The van der Waals surface area contributed by atoms with E-state index in [1.165, 1.54) is 0 Å². The van der Waals surface area contributed by atoms with Crippen LogP contribution in [0, 0.1) is 0 Å². The fourth-order valence-electron chi connectivity index (χ4n) is 1.22. The van der Waals surface area contributed by atoms with Gasteiger partial charge in [-0.3, -0.25) is 0 Å². The molecule has 0 fully saturated rings. The first-order valence-electron chi connectivity index (χ1n) is 4.44. The molecule has 0 spiro atoms. The number of H-pyrrole nitrogens is 1. The number of hydrogen-bond acceptors (Lipinski definition) is 4. The van der Waals surface area contributed by atoms with Gasteiger partial charge in [-0.05, 0) is 6.92 Å². The van der Waals surface area contributed by atoms with Gasteiger partial charge in [0, 0.05) is 12.7 Å². The summed E-state index contributed by atoms with van der Waals surface area (Å²) in [4.78, 5) is 4.20. The van der Waals surface area contributed by atoms with Gasteiger partial charge < -0.3 is 10.3 Å². The molecule has 0 amide bonds. The average Bonchev–Trinajstić information content (AvgIpc) is 2.88. The van der Waals surface area contributed by atoms with E-state index in [1.807, 2.05) is 17.7 Å². The van der Waals surface area contributed by atoms with Crippen LogP contribution in [-0.2, 0) is 6.54 Å². The lowest BCUT2D eigenvalue weighted by Gasteiger charge is -2.02. The molecule has 74 valence electrons. The summed E-state index contributed by atoms with van der Waals surface area (Å²) < 4.78 is 1.97. The molecule has 2 rings (SSSR count). The summed E-state index contributed by atoms with van der Waals surface area (Å²) in [6, 6.07) is -0.304. The largest absolute Gasteiger partial charge is 0.337 e. The van der Waals surface area contributed by atoms with Crippen LogP contribution in [0.25, 0.3) is 0 Å². The fraction of sp³-hybridized carbons (Fsp3) is 0.375. The molecule has 0 saturated carbocycles. The van der Waals surface area contributed by atoms with Crippen molar-refractivity contribution in [2.75, 3.05) is 0 Å². The second-order valence-electron chi connectivity index (χ2n) is 3.00. The van der Waals surface area contributed by atoms with Gasteiger partial charge in [0.2, 0.25) is 0 Å². The summed E-state index contributed by atoms with van der Waals surface area (Å²) in [5, 5.41) is 10.1. The van der Waals surface area contributed by atoms with Crippen molar-refractivity contribution in [3.8, 4) is 0 Å². The molecule has 0 aliphatic rings. The lowest BCUT2D eigenvalue weighted by atomic mass is 10.2. The van der Waals surface area contributed by atoms with Crippen LogP contribution in [0.3, 0.4) is 0 Å². The van der Waals surface area contributed by atoms with Crippen LogP contribution in [0.15, 0.2) is 18.7 Å². The molecular weight excluding hydrogens is 180 g/mol. The minimum Gasteiger partial charge on any atom is -0.337 e. The van der Waals surface area contributed by atoms with Crippen molar-refractivity contribution < 1.29 is 0 Å². The highest BCUT2D eigenvalue weighted by atomic mass is 15.3. The third-order valence-electron chi connectivity index (χ3n) is 2.09. The Kier molecular flexibility index (Phi) is 2.28. The number of aromatic amines is 1. The van der Waals surface area contributed by atoms with Crippen LogP contribution in [-0.4, -0.2) is 25.0 Å². The summed E-state index contributed by atoms with van der Waals surface area (Å²) >= 11 is 0. The summed E-state index contributed by atoms with van der Waals surface area (Å²) in [5.74, 6) is 0. The number of imidazole rings is 1. The Bertz CT molecular complexity index is 390. The van der Waals surface area contributed by atoms with Crippen LogP contribution in [0.2, 0.25) is 0 Å². The molecule has 3 N–H and O–H groups in total. The normalized spacial score (nSPS) is 13.0. The van der Waals surface area contributed by atoms with E-state index >= 15 is 0 Å². The van der Waals surface area contributed by atoms with Crippen molar-refractivity contribution in [3.05, 3.63) is 30.1 Å². The molecule has 0 aliphatic heterocycles. The highest BCUT2D eigenvalue weighted by Gasteiger charge is 2.13. The lowest BCUT2D eigenvalue weighted by molar-refractivity contribution is 0.754. The second kappa shape index (κ2) is 3.59. The van der Waals surface area contributed by atoms with Gasteiger partial charge in [-0.1, -0.05) is 0 Å². The molecule has 0 bridgehead atoms. The first kappa shape index (κ1) is 8.89. The third kappa shape index (κ3) is 1.51. The predicted octanol–water partition coefficient (Wildman–Crippen LogP) is 0.0692. The number of hydrogen-bond donors (Lipinski definition) is 2. The number of nitrogens with one attached hydrogen (secondary N) is 1. The Balaban J connectivity index is 2.23. The Morgan fingerprint density at radius 2 is 2.43 bits per heavy atom. The highest BCUT2D eigenvalue weighted by molar-refractivity contribution is 5.15. The fourth-order valence-corrected chi connectivity index (χ4v) is 1.22. The Labute approximate surface area is 81.1 Å². The SMILES string of the molecule is CCn1cnc(C(N)c2cn[nH]n2)c1. The maximum absolute atomic E-state index is 5.93. The monoisotopic (exact) mass is 192 g/mol. The van der Waals surface area contributed by atoms with E-state index in [4.69, 9.17) is 5.73 Å². The molecule has 1 unspecified atom stereocenters. The van der Waals surface area contributed by atoms with Crippen LogP contribution in [0.4, 0.5) is 0 Å². The van der Waals surface area contributed by atoms with Gasteiger partial charge in [-0.15, -0.1) is 0 Å². The summed E-state index contributed by atoms with van der Waals surface area (Å²) in [6.45, 7) is 2.94. The number of aryl methyl sites for hydroxylation is 1. The lowest BCUT2D eigenvalue weighted by Crippen LogP contribution is -2.12. The topological polar surface area (TPSA) is 85.4 Å². The van der Waals surface area contributed by atoms with Gasteiger partial charge in [-0.2, -0.15) is 15.4 Å². The maximum atomic E-state index is 5.93. The first-order chi connectivity index (χ1) is 6.81. The van der Waals surface area contributed by atoms with Crippen LogP contribution >= 0.6 is 0 Å². The first-order valence-corrected chi connectivity index (χ1v) is 4.44. The summed E-state index contributed by atoms with van der Waals surface area (Å²) in [7, 11) is 0. The molecule has 2 aromatic rings. The molecule has 1 atom stereocenters. The van der Waals surface area contributed by atoms with E-state index in [9.17, 15) is 0 Å². The van der Waals surface area contributed by atoms with E-state index in [-0.39, 0.29) is 6.04 Å². The number of aromatic nitrogens is 5. The van der Waals surface area contributed by atoms with Crippen LogP contribution in [0.5, 0.6) is 0 Å². The second-order valence-corrected chi connectivity index (χ2v) is 3.00. The van der Waals surface area contributed by atoms with E-state index in [1.54, 1.807) is 12.5 Å². The number of rotatable bonds is 3. The molecule has 6 nitrogen and oxygen atoms in total. The van der Waals surface area contributed by atoms with E-state index in [2.05, 4.69) is 20.4 Å². The van der Waals surface area contributed by atoms with Crippen molar-refractivity contribution in [3.63, 3.8) is 0 Å². The quantitative estimate of drug-likeness (QED) is 0.720. The predicted molar refractivity (Wildman–Crippen MR) is 50.3 cm³/mol. The number of nitrogens with zero attached hydrogens (tertiary/aromatic N) is 4. The molecule has 14 heavy (non-hydrogen) atoms. The zero-order valence-corrected chi connectivity index (χ0v) is 7.88. The van der Waals surface area contributed by atoms with E-state index < -0.39 is 0 Å². The Hall–Kier alpha value is -1.69. The highest BCUT2D eigenvalue weighted by Crippen LogP contribution is 2.13.